The minimum absolute atomic E-state index is 0.0180. The van der Waals surface area contributed by atoms with Gasteiger partial charge in [0.25, 0.3) is 15.9 Å². The third-order valence-corrected chi connectivity index (χ3v) is 13.1. The van der Waals surface area contributed by atoms with E-state index in [2.05, 4.69) is 27.8 Å². The summed E-state index contributed by atoms with van der Waals surface area (Å²) in [6.07, 6.45) is 3.40. The van der Waals surface area contributed by atoms with Gasteiger partial charge in [-0.15, -0.1) is 0 Å². The third kappa shape index (κ3) is 5.82. The Hall–Kier alpha value is -4.95. The number of piperazine rings is 1. The van der Waals surface area contributed by atoms with Crippen molar-refractivity contribution in [2.45, 2.75) is 54.3 Å². The number of fused-ring (bicyclic) bond motifs is 1. The lowest BCUT2D eigenvalue weighted by atomic mass is 9.68. The Balaban J connectivity index is 1.41. The van der Waals surface area contributed by atoms with Crippen molar-refractivity contribution in [3.8, 4) is 23.4 Å². The van der Waals surface area contributed by atoms with Gasteiger partial charge >= 0.3 is 6.03 Å². The van der Waals surface area contributed by atoms with Gasteiger partial charge in [0.15, 0.2) is 0 Å². The van der Waals surface area contributed by atoms with Crippen LogP contribution < -0.4 is 24.2 Å². The summed E-state index contributed by atoms with van der Waals surface area (Å²) in [5.41, 5.74) is 4.82. The predicted octanol–water partition coefficient (Wildman–Crippen LogP) is 2.32. The summed E-state index contributed by atoms with van der Waals surface area (Å²) in [5, 5.41) is 10.1. The van der Waals surface area contributed by atoms with Crippen molar-refractivity contribution in [1.82, 2.24) is 19.7 Å². The molecular formula is C37H43N7O8S. The van der Waals surface area contributed by atoms with Crippen molar-refractivity contribution in [3.05, 3.63) is 71.4 Å². The van der Waals surface area contributed by atoms with Crippen LogP contribution in [-0.4, -0.2) is 125 Å². The number of nitrogens with two attached hydrogens (primary N) is 1. The van der Waals surface area contributed by atoms with Gasteiger partial charge in [0, 0.05) is 62.2 Å². The Morgan fingerprint density at radius 1 is 1.00 bits per heavy atom. The molecule has 0 aliphatic carbocycles. The van der Waals surface area contributed by atoms with Gasteiger partial charge in [0.2, 0.25) is 5.88 Å². The smallest absolute Gasteiger partial charge is 0.315 e. The van der Waals surface area contributed by atoms with Crippen LogP contribution in [0.15, 0.2) is 59.6 Å². The van der Waals surface area contributed by atoms with Gasteiger partial charge in [-0.3, -0.25) is 14.6 Å². The fraction of sp³-hybridized carbons (Fsp3) is 0.459. The van der Waals surface area contributed by atoms with Gasteiger partial charge in [-0.1, -0.05) is 6.07 Å². The van der Waals surface area contributed by atoms with Crippen LogP contribution in [0.5, 0.6) is 17.4 Å². The number of amides is 3. The maximum Gasteiger partial charge on any atom is 0.315 e. The minimum Gasteiger partial charge on any atom is -0.497 e. The van der Waals surface area contributed by atoms with Gasteiger partial charge in [0.05, 0.1) is 63.4 Å². The average molecular weight is 746 g/mol. The fourth-order valence-corrected chi connectivity index (χ4v) is 10.2. The number of methoxy groups -OCH3 is 3. The average Bonchev–Trinajstić information content (AvgIpc) is 3.44. The number of urea groups is 1. The maximum absolute atomic E-state index is 15.7. The normalized spacial score (nSPS) is 25.3. The number of likely N-dealkylation sites (tertiary alicyclic amines) is 1. The molecule has 7 rings (SSSR count). The molecule has 2 aromatic carbocycles. The Morgan fingerprint density at radius 2 is 1.77 bits per heavy atom. The highest BCUT2D eigenvalue weighted by atomic mass is 32.2. The molecule has 3 unspecified atom stereocenters. The number of nitrogens with zero attached hydrogens (tertiary/aromatic N) is 6. The fourth-order valence-electron chi connectivity index (χ4n) is 8.55. The number of primary amides is 1. The van der Waals surface area contributed by atoms with Crippen molar-refractivity contribution < 1.29 is 37.0 Å². The summed E-state index contributed by atoms with van der Waals surface area (Å²) < 4.78 is 52.8. The number of pyridine rings is 1. The lowest BCUT2D eigenvalue weighted by Gasteiger charge is -2.52. The van der Waals surface area contributed by atoms with E-state index in [9.17, 15) is 18.5 Å². The van der Waals surface area contributed by atoms with E-state index in [-0.39, 0.29) is 64.1 Å². The second-order valence-electron chi connectivity index (χ2n) is 13.7. The Labute approximate surface area is 308 Å². The van der Waals surface area contributed by atoms with Crippen molar-refractivity contribution in [1.29, 1.82) is 5.26 Å². The molecule has 3 amide bonds. The van der Waals surface area contributed by atoms with Gasteiger partial charge in [0.1, 0.15) is 21.8 Å². The number of hydrogen-bond acceptors (Lipinski definition) is 12. The number of nitriles is 1. The van der Waals surface area contributed by atoms with Crippen molar-refractivity contribution in [2.24, 2.45) is 5.73 Å². The monoisotopic (exact) mass is 745 g/mol. The highest BCUT2D eigenvalue weighted by Gasteiger charge is 2.64. The quantitative estimate of drug-likeness (QED) is 0.338. The Bertz CT molecular complexity index is 2070. The largest absolute Gasteiger partial charge is 0.497 e. The lowest BCUT2D eigenvalue weighted by molar-refractivity contribution is -0.133. The molecule has 4 aliphatic rings. The van der Waals surface area contributed by atoms with Crippen molar-refractivity contribution in [2.75, 3.05) is 65.0 Å². The summed E-state index contributed by atoms with van der Waals surface area (Å²) >= 11 is 0. The van der Waals surface area contributed by atoms with Gasteiger partial charge < -0.3 is 29.6 Å². The summed E-state index contributed by atoms with van der Waals surface area (Å²) in [5.74, 6) is -0.510. The topological polar surface area (TPSA) is 181 Å². The van der Waals surface area contributed by atoms with Crippen LogP contribution in [0.4, 0.5) is 10.5 Å². The van der Waals surface area contributed by atoms with E-state index in [1.807, 2.05) is 0 Å². The number of benzene rings is 2. The lowest BCUT2D eigenvalue weighted by Crippen LogP contribution is -2.68. The van der Waals surface area contributed by atoms with Crippen LogP contribution in [0.2, 0.25) is 0 Å². The van der Waals surface area contributed by atoms with Crippen molar-refractivity contribution in [3.63, 3.8) is 0 Å². The highest BCUT2D eigenvalue weighted by Crippen LogP contribution is 2.54. The first-order chi connectivity index (χ1) is 25.5. The second-order valence-corrected chi connectivity index (χ2v) is 15.5. The highest BCUT2D eigenvalue weighted by molar-refractivity contribution is 7.93. The zero-order valence-electron chi connectivity index (χ0n) is 30.1. The number of rotatable bonds is 9. The summed E-state index contributed by atoms with van der Waals surface area (Å²) in [7, 11) is -0.548. The first kappa shape index (κ1) is 36.4. The number of piperidine rings is 1. The molecule has 280 valence electrons. The maximum atomic E-state index is 15.7. The van der Waals surface area contributed by atoms with Crippen LogP contribution in [0, 0.1) is 11.3 Å². The zero-order valence-corrected chi connectivity index (χ0v) is 30.9. The molecule has 1 aromatic heterocycles. The molecule has 3 saturated heterocycles. The van der Waals surface area contributed by atoms with Crippen LogP contribution in [-0.2, 0) is 25.0 Å². The zero-order chi connectivity index (χ0) is 37.7. The van der Waals surface area contributed by atoms with E-state index in [1.165, 1.54) is 68.8 Å². The van der Waals surface area contributed by atoms with Crippen LogP contribution in [0.1, 0.15) is 36.5 Å². The molecule has 3 aromatic rings. The Morgan fingerprint density at radius 3 is 2.40 bits per heavy atom. The SMILES string of the molecule is COc1ccc(S(=O)(=O)N2C(=O)[C@@](c3cccnc3OC)(C3CN(C4CCN(C5COC5C)CC4)CCN3C(N)=O)c3cc(C#N)ccc32)c(OC)c1. The molecule has 3 fully saturated rings. The van der Waals surface area contributed by atoms with Crippen molar-refractivity contribution >= 4 is 27.6 Å². The van der Waals surface area contributed by atoms with E-state index < -0.39 is 33.4 Å². The number of ether oxygens (including phenoxy) is 4. The van der Waals surface area contributed by atoms with E-state index in [4.69, 9.17) is 24.7 Å². The molecule has 4 aliphatic heterocycles. The van der Waals surface area contributed by atoms with E-state index in [1.54, 1.807) is 12.1 Å². The van der Waals surface area contributed by atoms with Gasteiger partial charge in [-0.2, -0.15) is 5.26 Å². The number of anilines is 1. The molecule has 2 N–H and O–H groups in total. The molecule has 5 heterocycles. The second kappa shape index (κ2) is 14.1. The van der Waals surface area contributed by atoms with Gasteiger partial charge in [-0.25, -0.2) is 22.5 Å². The summed E-state index contributed by atoms with van der Waals surface area (Å²) in [6.45, 7) is 5.39. The van der Waals surface area contributed by atoms with Crippen LogP contribution in [0.25, 0.3) is 0 Å². The molecule has 0 saturated carbocycles. The number of sulfonamides is 1. The Kier molecular flexibility index (Phi) is 9.70. The standard InChI is InChI=1S/C37H43N7O8S/c1-23-30(22-52-23)41-14-11-25(12-15-41)42-16-17-43(36(39)46)33(21-42)37(27-6-5-13-40-34(27)51-4)28-18-24(20-38)7-9-29(28)44(35(37)45)53(47,48)32-10-8-26(49-2)19-31(32)50-3/h5-10,13,18-19,23,25,30,33H,11-12,14-17,21-22H2,1-4H3,(H2,39,46)/t23?,30?,33?,37-/m1/s1. The predicted molar refractivity (Wildman–Crippen MR) is 192 cm³/mol. The number of hydrogen-bond donors (Lipinski definition) is 1. The molecule has 4 atom stereocenters. The van der Waals surface area contributed by atoms with Crippen LogP contribution in [0.3, 0.4) is 0 Å². The molecule has 0 spiro atoms. The molecule has 15 nitrogen and oxygen atoms in total. The minimum atomic E-state index is -4.72. The molecule has 0 radical (unpaired) electrons. The van der Waals surface area contributed by atoms with Gasteiger partial charge in [-0.05, 0) is 56.2 Å². The van der Waals surface area contributed by atoms with Crippen LogP contribution >= 0.6 is 0 Å². The van der Waals surface area contributed by atoms with E-state index in [0.717, 1.165) is 30.2 Å². The molecule has 0 bridgehead atoms. The molecular weight excluding hydrogens is 703 g/mol. The number of carbonyl (C=O) groups excluding carboxylic acids is 2. The van der Waals surface area contributed by atoms with E-state index >= 15 is 4.79 Å². The number of carbonyl (C=O) groups is 2. The first-order valence-corrected chi connectivity index (χ1v) is 19.0. The molecule has 16 heteroatoms. The number of aromatic nitrogens is 1. The summed E-state index contributed by atoms with van der Waals surface area (Å²) in [6, 6.07) is 12.7. The summed E-state index contributed by atoms with van der Waals surface area (Å²) in [4.78, 5) is 39.5. The molecule has 53 heavy (non-hydrogen) atoms. The van der Waals surface area contributed by atoms with E-state index in [0.29, 0.717) is 24.9 Å². The first-order valence-electron chi connectivity index (χ1n) is 17.5. The third-order valence-electron chi connectivity index (χ3n) is 11.3.